The summed E-state index contributed by atoms with van der Waals surface area (Å²) in [6.07, 6.45) is 11.9. The molecule has 2 aliphatic rings. The van der Waals surface area contributed by atoms with Gasteiger partial charge in [0.2, 0.25) is 0 Å². The first-order valence-corrected chi connectivity index (χ1v) is 8.85. The predicted octanol–water partition coefficient (Wildman–Crippen LogP) is 2.78. The molecule has 0 amide bonds. The summed E-state index contributed by atoms with van der Waals surface area (Å²) in [5.41, 5.74) is 0.479. The van der Waals surface area contributed by atoms with Crippen molar-refractivity contribution >= 4 is 0 Å². The first-order valence-electron chi connectivity index (χ1n) is 8.85. The molecule has 118 valence electrons. The van der Waals surface area contributed by atoms with E-state index in [1.807, 2.05) is 0 Å². The van der Waals surface area contributed by atoms with E-state index in [9.17, 15) is 5.11 Å². The average Bonchev–Trinajstić information content (AvgIpc) is 2.79. The molecule has 0 aromatic heterocycles. The highest BCUT2D eigenvalue weighted by molar-refractivity contribution is 4.91. The van der Waals surface area contributed by atoms with Crippen molar-refractivity contribution in [1.29, 1.82) is 0 Å². The topological polar surface area (TPSA) is 35.5 Å². The Morgan fingerprint density at radius 2 is 1.95 bits per heavy atom. The molecular weight excluding hydrogens is 248 g/mol. The molecule has 0 aromatic rings. The smallest absolute Gasteiger partial charge is 0.0586 e. The summed E-state index contributed by atoms with van der Waals surface area (Å²) < 4.78 is 0. The number of hydrogen-bond acceptors (Lipinski definition) is 3. The number of aliphatic hydroxyl groups is 1. The quantitative estimate of drug-likeness (QED) is 0.705. The van der Waals surface area contributed by atoms with Crippen LogP contribution in [0.25, 0.3) is 0 Å². The molecule has 1 saturated carbocycles. The van der Waals surface area contributed by atoms with Gasteiger partial charge in [0.15, 0.2) is 0 Å². The average molecular weight is 282 g/mol. The Labute approximate surface area is 125 Å². The molecule has 1 aliphatic carbocycles. The van der Waals surface area contributed by atoms with Gasteiger partial charge in [-0.15, -0.1) is 0 Å². The minimum absolute atomic E-state index is 0.346. The molecule has 1 saturated heterocycles. The first-order chi connectivity index (χ1) is 9.79. The molecule has 0 spiro atoms. The molecule has 1 atom stereocenters. The van der Waals surface area contributed by atoms with Crippen molar-refractivity contribution < 1.29 is 5.11 Å². The molecule has 1 heterocycles. The maximum absolute atomic E-state index is 9.70. The maximum atomic E-state index is 9.70. The van der Waals surface area contributed by atoms with Crippen molar-refractivity contribution in [2.75, 3.05) is 32.8 Å². The second kappa shape index (κ2) is 8.35. The number of nitrogens with one attached hydrogen (secondary N) is 1. The van der Waals surface area contributed by atoms with Crippen LogP contribution in [0, 0.1) is 5.41 Å². The van der Waals surface area contributed by atoms with Crippen LogP contribution < -0.4 is 5.32 Å². The van der Waals surface area contributed by atoms with Gasteiger partial charge in [-0.1, -0.05) is 32.6 Å². The zero-order valence-corrected chi connectivity index (χ0v) is 13.4. The largest absolute Gasteiger partial charge is 0.395 e. The van der Waals surface area contributed by atoms with Crippen molar-refractivity contribution in [3.05, 3.63) is 0 Å². The van der Waals surface area contributed by atoms with E-state index in [0.29, 0.717) is 18.1 Å². The number of hydrogen-bond donors (Lipinski definition) is 2. The van der Waals surface area contributed by atoms with Gasteiger partial charge in [-0.05, 0) is 50.6 Å². The predicted molar refractivity (Wildman–Crippen MR) is 85.0 cm³/mol. The minimum Gasteiger partial charge on any atom is -0.395 e. The Morgan fingerprint density at radius 1 is 1.15 bits per heavy atom. The molecular formula is C17H34N2O. The fourth-order valence-electron chi connectivity index (χ4n) is 4.13. The lowest BCUT2D eigenvalue weighted by Crippen LogP contribution is -2.47. The van der Waals surface area contributed by atoms with E-state index in [0.717, 1.165) is 6.54 Å². The van der Waals surface area contributed by atoms with Gasteiger partial charge >= 0.3 is 0 Å². The van der Waals surface area contributed by atoms with Gasteiger partial charge in [0, 0.05) is 19.1 Å². The first kappa shape index (κ1) is 16.3. The van der Waals surface area contributed by atoms with Crippen LogP contribution >= 0.6 is 0 Å². The summed E-state index contributed by atoms with van der Waals surface area (Å²) in [5, 5.41) is 13.4. The molecule has 3 heteroatoms. The van der Waals surface area contributed by atoms with Crippen molar-refractivity contribution in [2.24, 2.45) is 5.41 Å². The van der Waals surface area contributed by atoms with Crippen LogP contribution in [-0.2, 0) is 0 Å². The third-order valence-electron chi connectivity index (χ3n) is 5.34. The fourth-order valence-corrected chi connectivity index (χ4v) is 4.13. The van der Waals surface area contributed by atoms with E-state index in [4.69, 9.17) is 0 Å². The summed E-state index contributed by atoms with van der Waals surface area (Å²) in [7, 11) is 0. The number of aliphatic hydroxyl groups excluding tert-OH is 1. The second-order valence-electron chi connectivity index (χ2n) is 7.04. The van der Waals surface area contributed by atoms with Crippen LogP contribution in [0.15, 0.2) is 0 Å². The van der Waals surface area contributed by atoms with Gasteiger partial charge in [0.1, 0.15) is 0 Å². The zero-order valence-electron chi connectivity index (χ0n) is 13.4. The lowest BCUT2D eigenvalue weighted by atomic mass is 9.84. The molecule has 3 nitrogen and oxygen atoms in total. The Balaban J connectivity index is 1.94. The van der Waals surface area contributed by atoms with E-state index in [1.165, 1.54) is 77.4 Å². The van der Waals surface area contributed by atoms with Crippen LogP contribution in [0.2, 0.25) is 0 Å². The molecule has 0 aromatic carbocycles. The molecule has 0 bridgehead atoms. The van der Waals surface area contributed by atoms with E-state index < -0.39 is 0 Å². The SMILES string of the molecule is CCCNCC1(CN2CCCCCC2CO)CCCC1. The maximum Gasteiger partial charge on any atom is 0.0586 e. The Bertz CT molecular complexity index is 264. The van der Waals surface area contributed by atoms with Gasteiger partial charge in [-0.2, -0.15) is 0 Å². The number of rotatable bonds is 7. The highest BCUT2D eigenvalue weighted by atomic mass is 16.3. The molecule has 0 radical (unpaired) electrons. The third-order valence-corrected chi connectivity index (χ3v) is 5.34. The van der Waals surface area contributed by atoms with Crippen LogP contribution in [0.4, 0.5) is 0 Å². The van der Waals surface area contributed by atoms with Gasteiger partial charge in [0.05, 0.1) is 6.61 Å². The summed E-state index contributed by atoms with van der Waals surface area (Å²) in [6.45, 7) is 7.31. The number of likely N-dealkylation sites (tertiary alicyclic amines) is 1. The minimum atomic E-state index is 0.346. The van der Waals surface area contributed by atoms with Gasteiger partial charge in [-0.25, -0.2) is 0 Å². The number of nitrogens with zero attached hydrogens (tertiary/aromatic N) is 1. The van der Waals surface area contributed by atoms with Gasteiger partial charge in [0.25, 0.3) is 0 Å². The van der Waals surface area contributed by atoms with Gasteiger partial charge in [-0.3, -0.25) is 4.90 Å². The van der Waals surface area contributed by atoms with Crippen LogP contribution in [-0.4, -0.2) is 48.8 Å². The van der Waals surface area contributed by atoms with Crippen molar-refractivity contribution in [1.82, 2.24) is 10.2 Å². The molecule has 1 aliphatic heterocycles. The third kappa shape index (κ3) is 4.44. The Morgan fingerprint density at radius 3 is 2.65 bits per heavy atom. The highest BCUT2D eigenvalue weighted by Crippen LogP contribution is 2.39. The summed E-state index contributed by atoms with van der Waals surface area (Å²) in [6, 6.07) is 0.418. The van der Waals surface area contributed by atoms with E-state index in [-0.39, 0.29) is 0 Å². The highest BCUT2D eigenvalue weighted by Gasteiger charge is 2.36. The van der Waals surface area contributed by atoms with E-state index in [1.54, 1.807) is 0 Å². The van der Waals surface area contributed by atoms with Crippen molar-refractivity contribution in [2.45, 2.75) is 70.8 Å². The Hall–Kier alpha value is -0.120. The monoisotopic (exact) mass is 282 g/mol. The summed E-state index contributed by atoms with van der Waals surface area (Å²) in [4.78, 5) is 2.62. The van der Waals surface area contributed by atoms with Crippen LogP contribution in [0.5, 0.6) is 0 Å². The van der Waals surface area contributed by atoms with Gasteiger partial charge < -0.3 is 10.4 Å². The standard InChI is InChI=1S/C17H34N2O/c1-2-11-18-14-17(9-5-6-10-17)15-19-12-7-3-4-8-16(19)13-20/h16,18,20H,2-15H2,1H3. The lowest BCUT2D eigenvalue weighted by Gasteiger charge is -2.38. The van der Waals surface area contributed by atoms with Crippen LogP contribution in [0.3, 0.4) is 0 Å². The van der Waals surface area contributed by atoms with E-state index >= 15 is 0 Å². The van der Waals surface area contributed by atoms with Crippen molar-refractivity contribution in [3.8, 4) is 0 Å². The van der Waals surface area contributed by atoms with Crippen molar-refractivity contribution in [3.63, 3.8) is 0 Å². The fraction of sp³-hybridized carbons (Fsp3) is 1.00. The second-order valence-corrected chi connectivity index (χ2v) is 7.04. The van der Waals surface area contributed by atoms with Crippen LogP contribution in [0.1, 0.15) is 64.7 Å². The van der Waals surface area contributed by atoms with E-state index in [2.05, 4.69) is 17.1 Å². The molecule has 1 unspecified atom stereocenters. The molecule has 2 fully saturated rings. The lowest BCUT2D eigenvalue weighted by molar-refractivity contribution is 0.0748. The summed E-state index contributed by atoms with van der Waals surface area (Å²) >= 11 is 0. The molecule has 2 rings (SSSR count). The Kier molecular flexibility index (Phi) is 6.79. The normalized spacial score (nSPS) is 27.6. The molecule has 2 N–H and O–H groups in total. The molecule has 20 heavy (non-hydrogen) atoms. The zero-order chi connectivity index (χ0) is 14.3. The summed E-state index contributed by atoms with van der Waals surface area (Å²) in [5.74, 6) is 0.